The first kappa shape index (κ1) is 9.04. The van der Waals surface area contributed by atoms with E-state index in [2.05, 4.69) is 0 Å². The van der Waals surface area contributed by atoms with Crippen LogP contribution in [0.1, 0.15) is 45.4 Å². The van der Waals surface area contributed by atoms with E-state index >= 15 is 0 Å². The van der Waals surface area contributed by atoms with Crippen LogP contribution in [0.2, 0.25) is 0 Å². The van der Waals surface area contributed by atoms with Gasteiger partial charge in [-0.1, -0.05) is 12.8 Å². The molecule has 2 nitrogen and oxygen atoms in total. The van der Waals surface area contributed by atoms with Gasteiger partial charge in [-0.15, -0.1) is 0 Å². The minimum atomic E-state index is 0.0628. The lowest BCUT2D eigenvalue weighted by atomic mass is 9.92. The van der Waals surface area contributed by atoms with E-state index in [1.54, 1.807) is 0 Å². The fourth-order valence-electron chi connectivity index (χ4n) is 2.66. The molecule has 2 bridgehead atoms. The molecule has 2 aliphatic rings. The predicted molar refractivity (Wildman–Crippen MR) is 50.2 cm³/mol. The molecular formula is C11H18O2. The van der Waals surface area contributed by atoms with Crippen LogP contribution >= 0.6 is 0 Å². The van der Waals surface area contributed by atoms with Crippen LogP contribution < -0.4 is 0 Å². The second-order valence-corrected chi connectivity index (χ2v) is 4.55. The Morgan fingerprint density at radius 2 is 2.08 bits per heavy atom. The molecule has 0 amide bonds. The van der Waals surface area contributed by atoms with Gasteiger partial charge < -0.3 is 4.74 Å². The number of carbonyl (C=O) groups is 1. The molecule has 0 aromatic heterocycles. The molecule has 2 fully saturated rings. The third-order valence-corrected chi connectivity index (χ3v) is 3.40. The summed E-state index contributed by atoms with van der Waals surface area (Å²) in [6.07, 6.45) is 7.12. The minimum Gasteiger partial charge on any atom is -0.462 e. The van der Waals surface area contributed by atoms with Crippen molar-refractivity contribution in [2.75, 3.05) is 0 Å². The summed E-state index contributed by atoms with van der Waals surface area (Å²) in [7, 11) is 0. The van der Waals surface area contributed by atoms with Crippen molar-refractivity contribution < 1.29 is 9.53 Å². The molecule has 1 saturated carbocycles. The summed E-state index contributed by atoms with van der Waals surface area (Å²) in [6, 6.07) is 0. The first-order valence-electron chi connectivity index (χ1n) is 5.46. The van der Waals surface area contributed by atoms with Crippen LogP contribution in [0.15, 0.2) is 0 Å². The average molecular weight is 182 g/mol. The van der Waals surface area contributed by atoms with E-state index in [1.807, 2.05) is 6.92 Å². The molecule has 1 saturated heterocycles. The standard InChI is InChI=1S/C11H18O2/c1-8-7-9-3-2-4-10(6-5-9)11(12)13-8/h8-10H,2-7H2,1H3. The normalized spacial score (nSPS) is 40.4. The van der Waals surface area contributed by atoms with Crippen LogP contribution in [-0.4, -0.2) is 12.1 Å². The highest BCUT2D eigenvalue weighted by atomic mass is 16.5. The summed E-state index contributed by atoms with van der Waals surface area (Å²) in [5.74, 6) is 1.09. The van der Waals surface area contributed by atoms with Crippen molar-refractivity contribution in [1.82, 2.24) is 0 Å². The number of esters is 1. The van der Waals surface area contributed by atoms with Crippen LogP contribution in [0.4, 0.5) is 0 Å². The second kappa shape index (κ2) is 3.69. The monoisotopic (exact) mass is 182 g/mol. The van der Waals surface area contributed by atoms with E-state index in [0.717, 1.165) is 25.2 Å². The zero-order valence-corrected chi connectivity index (χ0v) is 8.29. The Labute approximate surface area is 79.7 Å². The quantitative estimate of drug-likeness (QED) is 0.538. The highest BCUT2D eigenvalue weighted by molar-refractivity contribution is 5.72. The molecule has 13 heavy (non-hydrogen) atoms. The van der Waals surface area contributed by atoms with Crippen LogP contribution in [-0.2, 0) is 9.53 Å². The maximum Gasteiger partial charge on any atom is 0.309 e. The van der Waals surface area contributed by atoms with E-state index < -0.39 is 0 Å². The topological polar surface area (TPSA) is 26.3 Å². The summed E-state index contributed by atoms with van der Waals surface area (Å²) in [6.45, 7) is 2.03. The van der Waals surface area contributed by atoms with Gasteiger partial charge in [-0.25, -0.2) is 0 Å². The van der Waals surface area contributed by atoms with Crippen molar-refractivity contribution in [3.8, 4) is 0 Å². The van der Waals surface area contributed by atoms with Crippen molar-refractivity contribution >= 4 is 5.97 Å². The first-order chi connectivity index (χ1) is 6.25. The van der Waals surface area contributed by atoms with Crippen molar-refractivity contribution in [2.24, 2.45) is 11.8 Å². The van der Waals surface area contributed by atoms with E-state index in [1.165, 1.54) is 19.3 Å². The van der Waals surface area contributed by atoms with Crippen molar-refractivity contribution in [3.63, 3.8) is 0 Å². The Hall–Kier alpha value is -0.530. The van der Waals surface area contributed by atoms with Gasteiger partial charge in [0.15, 0.2) is 0 Å². The van der Waals surface area contributed by atoms with E-state index in [-0.39, 0.29) is 18.0 Å². The average Bonchev–Trinajstić information content (AvgIpc) is 2.25. The molecule has 1 aliphatic carbocycles. The first-order valence-corrected chi connectivity index (χ1v) is 5.46. The lowest BCUT2D eigenvalue weighted by Crippen LogP contribution is -2.25. The molecule has 74 valence electrons. The maximum atomic E-state index is 11.6. The zero-order chi connectivity index (χ0) is 9.26. The maximum absolute atomic E-state index is 11.6. The summed E-state index contributed by atoms with van der Waals surface area (Å²) >= 11 is 0. The van der Waals surface area contributed by atoms with Crippen molar-refractivity contribution in [3.05, 3.63) is 0 Å². The summed E-state index contributed by atoms with van der Waals surface area (Å²) in [5.41, 5.74) is 0. The molecule has 3 atom stereocenters. The minimum absolute atomic E-state index is 0.0628. The molecule has 1 aliphatic heterocycles. The van der Waals surface area contributed by atoms with E-state index in [4.69, 9.17) is 4.74 Å². The van der Waals surface area contributed by atoms with Gasteiger partial charge in [0.1, 0.15) is 0 Å². The van der Waals surface area contributed by atoms with E-state index in [9.17, 15) is 4.79 Å². The van der Waals surface area contributed by atoms with Crippen LogP contribution in [0.25, 0.3) is 0 Å². The van der Waals surface area contributed by atoms with Crippen LogP contribution in [0, 0.1) is 11.8 Å². The third kappa shape index (κ3) is 2.04. The number of carbonyl (C=O) groups excluding carboxylic acids is 1. The molecule has 0 N–H and O–H groups in total. The molecule has 1 heterocycles. The number of ether oxygens (including phenoxy) is 1. The SMILES string of the molecule is CC1CC2CCCC(CC2)C(=O)O1. The molecule has 0 radical (unpaired) electrons. The van der Waals surface area contributed by atoms with Gasteiger partial charge >= 0.3 is 5.97 Å². The molecular weight excluding hydrogens is 164 g/mol. The summed E-state index contributed by atoms with van der Waals surface area (Å²) in [4.78, 5) is 11.6. The molecule has 0 spiro atoms. The molecule has 2 rings (SSSR count). The Balaban J connectivity index is 2.11. The van der Waals surface area contributed by atoms with Gasteiger partial charge in [0, 0.05) is 0 Å². The van der Waals surface area contributed by atoms with Crippen LogP contribution in [0.3, 0.4) is 0 Å². The van der Waals surface area contributed by atoms with Gasteiger partial charge in [-0.2, -0.15) is 0 Å². The van der Waals surface area contributed by atoms with Crippen molar-refractivity contribution in [1.29, 1.82) is 0 Å². The number of fused-ring (bicyclic) bond motifs is 3. The van der Waals surface area contributed by atoms with Crippen molar-refractivity contribution in [2.45, 2.75) is 51.6 Å². The number of hydrogen-bond acceptors (Lipinski definition) is 2. The number of rotatable bonds is 0. The summed E-state index contributed by atoms with van der Waals surface area (Å²) in [5, 5.41) is 0. The lowest BCUT2D eigenvalue weighted by Gasteiger charge is -2.24. The highest BCUT2D eigenvalue weighted by Gasteiger charge is 2.30. The fourth-order valence-corrected chi connectivity index (χ4v) is 2.66. The third-order valence-electron chi connectivity index (χ3n) is 3.40. The van der Waals surface area contributed by atoms with Gasteiger partial charge in [0.25, 0.3) is 0 Å². The van der Waals surface area contributed by atoms with Gasteiger partial charge in [-0.05, 0) is 38.5 Å². The Bertz CT molecular complexity index is 200. The number of hydrogen-bond donors (Lipinski definition) is 0. The van der Waals surface area contributed by atoms with E-state index in [0.29, 0.717) is 0 Å². The van der Waals surface area contributed by atoms with Gasteiger partial charge in [0.2, 0.25) is 0 Å². The zero-order valence-electron chi connectivity index (χ0n) is 8.29. The van der Waals surface area contributed by atoms with Gasteiger partial charge in [-0.3, -0.25) is 4.79 Å². The predicted octanol–water partition coefficient (Wildman–Crippen LogP) is 2.52. The van der Waals surface area contributed by atoms with Gasteiger partial charge in [0.05, 0.1) is 12.0 Å². The van der Waals surface area contributed by atoms with Crippen LogP contribution in [0.5, 0.6) is 0 Å². The number of cyclic esters (lactones) is 1. The molecule has 0 aromatic rings. The fraction of sp³-hybridized carbons (Fsp3) is 0.909. The Morgan fingerprint density at radius 3 is 2.92 bits per heavy atom. The lowest BCUT2D eigenvalue weighted by molar-refractivity contribution is -0.155. The highest BCUT2D eigenvalue weighted by Crippen LogP contribution is 2.33. The second-order valence-electron chi connectivity index (χ2n) is 4.55. The largest absolute Gasteiger partial charge is 0.462 e. The molecule has 0 aromatic carbocycles. The smallest absolute Gasteiger partial charge is 0.309 e. The Morgan fingerprint density at radius 1 is 1.23 bits per heavy atom. The molecule has 2 heteroatoms. The Kier molecular flexibility index (Phi) is 2.56. The summed E-state index contributed by atoms with van der Waals surface area (Å²) < 4.78 is 5.37. The molecule has 3 unspecified atom stereocenters.